The molecule has 0 saturated heterocycles. The topological polar surface area (TPSA) is 73.6 Å². The zero-order valence-electron chi connectivity index (χ0n) is 7.72. The Morgan fingerprint density at radius 1 is 1.29 bits per heavy atom. The standard InChI is InChI=1S/C9H12BNO3/c12-9(5-2-6-9)7-3-1-4-8(11-7)10(13)14/h1,3-4,12-14H,2,5-6H2. The quantitative estimate of drug-likeness (QED) is 0.534. The van der Waals surface area contributed by atoms with Crippen LogP contribution in [0, 0.1) is 0 Å². The van der Waals surface area contributed by atoms with E-state index in [-0.39, 0.29) is 5.59 Å². The van der Waals surface area contributed by atoms with Crippen molar-refractivity contribution in [3.8, 4) is 0 Å². The second-order valence-corrected chi connectivity index (χ2v) is 3.71. The lowest BCUT2D eigenvalue weighted by Gasteiger charge is -2.36. The van der Waals surface area contributed by atoms with Crippen LogP contribution in [0.15, 0.2) is 18.2 Å². The fraction of sp³-hybridized carbons (Fsp3) is 0.444. The van der Waals surface area contributed by atoms with Gasteiger partial charge in [-0.1, -0.05) is 6.07 Å². The highest BCUT2D eigenvalue weighted by atomic mass is 16.4. The molecule has 0 atom stereocenters. The molecule has 0 spiro atoms. The van der Waals surface area contributed by atoms with Gasteiger partial charge < -0.3 is 15.2 Å². The minimum Gasteiger partial charge on any atom is -0.422 e. The smallest absolute Gasteiger partial charge is 0.422 e. The molecule has 1 aliphatic carbocycles. The SMILES string of the molecule is OB(O)c1cccc(C2(O)CCC2)n1. The fourth-order valence-electron chi connectivity index (χ4n) is 1.62. The average Bonchev–Trinajstić information content (AvgIpc) is 2.14. The largest absolute Gasteiger partial charge is 0.508 e. The van der Waals surface area contributed by atoms with Crippen molar-refractivity contribution in [1.82, 2.24) is 4.98 Å². The fourth-order valence-corrected chi connectivity index (χ4v) is 1.62. The van der Waals surface area contributed by atoms with E-state index in [2.05, 4.69) is 4.98 Å². The van der Waals surface area contributed by atoms with E-state index in [1.54, 1.807) is 12.1 Å². The molecule has 1 aromatic rings. The lowest BCUT2D eigenvalue weighted by Crippen LogP contribution is -2.39. The van der Waals surface area contributed by atoms with Crippen LogP contribution in [0.5, 0.6) is 0 Å². The number of hydrogen-bond donors (Lipinski definition) is 3. The van der Waals surface area contributed by atoms with E-state index in [9.17, 15) is 5.11 Å². The van der Waals surface area contributed by atoms with Crippen molar-refractivity contribution in [1.29, 1.82) is 0 Å². The Morgan fingerprint density at radius 3 is 2.50 bits per heavy atom. The summed E-state index contributed by atoms with van der Waals surface area (Å²) < 4.78 is 0. The predicted molar refractivity (Wildman–Crippen MR) is 51.8 cm³/mol. The van der Waals surface area contributed by atoms with Gasteiger partial charge in [-0.3, -0.25) is 4.98 Å². The van der Waals surface area contributed by atoms with Crippen molar-refractivity contribution in [2.75, 3.05) is 0 Å². The Morgan fingerprint density at radius 2 is 2.00 bits per heavy atom. The summed E-state index contributed by atoms with van der Waals surface area (Å²) in [6.07, 6.45) is 2.39. The summed E-state index contributed by atoms with van der Waals surface area (Å²) in [5.74, 6) is 0. The van der Waals surface area contributed by atoms with Crippen LogP contribution in [0.3, 0.4) is 0 Å². The van der Waals surface area contributed by atoms with Crippen LogP contribution in [0.4, 0.5) is 0 Å². The average molecular weight is 193 g/mol. The third-order valence-corrected chi connectivity index (χ3v) is 2.69. The normalized spacial score (nSPS) is 18.8. The van der Waals surface area contributed by atoms with Gasteiger partial charge in [-0.15, -0.1) is 0 Å². The highest BCUT2D eigenvalue weighted by molar-refractivity contribution is 6.57. The number of pyridine rings is 1. The van der Waals surface area contributed by atoms with Crippen LogP contribution in [-0.2, 0) is 5.60 Å². The molecular formula is C9H12BNO3. The Hall–Kier alpha value is -0.905. The van der Waals surface area contributed by atoms with E-state index in [0.717, 1.165) is 6.42 Å². The highest BCUT2D eigenvalue weighted by Crippen LogP contribution is 2.39. The van der Waals surface area contributed by atoms with Crippen molar-refractivity contribution in [3.63, 3.8) is 0 Å². The molecule has 3 N–H and O–H groups in total. The molecule has 0 amide bonds. The summed E-state index contributed by atoms with van der Waals surface area (Å²) in [4.78, 5) is 4.02. The maximum atomic E-state index is 9.96. The van der Waals surface area contributed by atoms with Gasteiger partial charge in [-0.2, -0.15) is 0 Å². The molecule has 0 radical (unpaired) electrons. The van der Waals surface area contributed by atoms with E-state index in [1.165, 1.54) is 6.07 Å². The van der Waals surface area contributed by atoms with Gasteiger partial charge in [0.2, 0.25) is 0 Å². The first-order valence-corrected chi connectivity index (χ1v) is 4.68. The van der Waals surface area contributed by atoms with Crippen LogP contribution in [0.2, 0.25) is 0 Å². The molecule has 1 aromatic heterocycles. The zero-order chi connectivity index (χ0) is 10.2. The molecule has 1 fully saturated rings. The monoisotopic (exact) mass is 193 g/mol. The number of nitrogens with zero attached hydrogens (tertiary/aromatic N) is 1. The lowest BCUT2D eigenvalue weighted by molar-refractivity contribution is -0.0424. The molecule has 0 aliphatic heterocycles. The molecule has 4 nitrogen and oxygen atoms in total. The molecule has 5 heteroatoms. The molecule has 1 aliphatic rings. The molecule has 1 saturated carbocycles. The molecule has 0 aromatic carbocycles. The third kappa shape index (κ3) is 1.54. The summed E-state index contributed by atoms with van der Waals surface area (Å²) in [5, 5.41) is 27.8. The summed E-state index contributed by atoms with van der Waals surface area (Å²) in [7, 11) is -1.57. The molecule has 14 heavy (non-hydrogen) atoms. The van der Waals surface area contributed by atoms with E-state index < -0.39 is 12.7 Å². The Bertz CT molecular complexity index is 339. The maximum absolute atomic E-state index is 9.96. The number of aliphatic hydroxyl groups is 1. The Kier molecular flexibility index (Phi) is 2.30. The van der Waals surface area contributed by atoms with Crippen molar-refractivity contribution in [2.24, 2.45) is 0 Å². The molecule has 0 unspecified atom stereocenters. The minimum absolute atomic E-state index is 0.183. The van der Waals surface area contributed by atoms with Gasteiger partial charge in [-0.05, 0) is 31.4 Å². The van der Waals surface area contributed by atoms with E-state index >= 15 is 0 Å². The second-order valence-electron chi connectivity index (χ2n) is 3.71. The van der Waals surface area contributed by atoms with E-state index in [4.69, 9.17) is 10.0 Å². The minimum atomic E-state index is -1.57. The number of aromatic nitrogens is 1. The number of rotatable bonds is 2. The van der Waals surface area contributed by atoms with Gasteiger partial charge in [0.15, 0.2) is 0 Å². The van der Waals surface area contributed by atoms with E-state index in [1.807, 2.05) is 0 Å². The molecule has 1 heterocycles. The molecular weight excluding hydrogens is 181 g/mol. The van der Waals surface area contributed by atoms with Gasteiger partial charge in [0.25, 0.3) is 0 Å². The first-order valence-electron chi connectivity index (χ1n) is 4.68. The van der Waals surface area contributed by atoms with Crippen LogP contribution < -0.4 is 5.59 Å². The first kappa shape index (κ1) is 9.64. The van der Waals surface area contributed by atoms with Crippen LogP contribution in [-0.4, -0.2) is 27.3 Å². The van der Waals surface area contributed by atoms with Crippen LogP contribution >= 0.6 is 0 Å². The summed E-state index contributed by atoms with van der Waals surface area (Å²) >= 11 is 0. The van der Waals surface area contributed by atoms with Gasteiger partial charge in [0, 0.05) is 0 Å². The van der Waals surface area contributed by atoms with Gasteiger partial charge in [0.1, 0.15) is 5.60 Å². The zero-order valence-corrected chi connectivity index (χ0v) is 7.72. The predicted octanol–water partition coefficient (Wildman–Crippen LogP) is -0.867. The van der Waals surface area contributed by atoms with E-state index in [0.29, 0.717) is 18.5 Å². The van der Waals surface area contributed by atoms with Gasteiger partial charge in [-0.25, -0.2) is 0 Å². The van der Waals surface area contributed by atoms with Crippen LogP contribution in [0.1, 0.15) is 25.0 Å². The number of hydrogen-bond acceptors (Lipinski definition) is 4. The molecule has 0 bridgehead atoms. The van der Waals surface area contributed by atoms with Gasteiger partial charge >= 0.3 is 7.12 Å². The summed E-state index contributed by atoms with van der Waals surface area (Å²) in [6, 6.07) is 4.91. The van der Waals surface area contributed by atoms with Crippen molar-refractivity contribution in [2.45, 2.75) is 24.9 Å². The Labute approximate surface area is 82.4 Å². The highest BCUT2D eigenvalue weighted by Gasteiger charge is 2.37. The molecule has 74 valence electrons. The molecule has 2 rings (SSSR count). The first-order chi connectivity index (χ1) is 6.62. The van der Waals surface area contributed by atoms with Crippen molar-refractivity contribution >= 4 is 12.7 Å². The summed E-state index contributed by atoms with van der Waals surface area (Å²) in [6.45, 7) is 0. The van der Waals surface area contributed by atoms with Crippen molar-refractivity contribution < 1.29 is 15.2 Å². The maximum Gasteiger partial charge on any atom is 0.508 e. The summed E-state index contributed by atoms with van der Waals surface area (Å²) in [5.41, 5.74) is -0.123. The Balaban J connectivity index is 2.30. The van der Waals surface area contributed by atoms with Gasteiger partial charge in [0.05, 0.1) is 11.3 Å². The third-order valence-electron chi connectivity index (χ3n) is 2.69. The second kappa shape index (κ2) is 3.35. The van der Waals surface area contributed by atoms with Crippen molar-refractivity contribution in [3.05, 3.63) is 23.9 Å². The lowest BCUT2D eigenvalue weighted by atomic mass is 9.76. The van der Waals surface area contributed by atoms with Crippen LogP contribution in [0.25, 0.3) is 0 Å².